The van der Waals surface area contributed by atoms with Gasteiger partial charge in [-0.2, -0.15) is 4.31 Å². The van der Waals surface area contributed by atoms with Crippen molar-refractivity contribution in [3.05, 3.63) is 52.8 Å². The number of sulfonamides is 1. The largest absolute Gasteiger partial charge is 0.493 e. The van der Waals surface area contributed by atoms with Gasteiger partial charge in [0.15, 0.2) is 11.5 Å². The van der Waals surface area contributed by atoms with Crippen molar-refractivity contribution >= 4 is 21.6 Å². The average molecular weight is 388 g/mol. The fourth-order valence-electron chi connectivity index (χ4n) is 2.28. The fraction of sp³-hybridized carbons (Fsp3) is 0.294. The second kappa shape index (κ2) is 8.03. The van der Waals surface area contributed by atoms with Crippen LogP contribution in [0.2, 0.25) is 5.02 Å². The standard InChI is InChI=1S/C17H19ClFNO4S/c1-4-24-15-7-5-12(9-16(15)23-3)11-20(2)25(21,22)17-8-6-13(18)10-14(17)19/h5-10H,4,11H2,1-3H3. The maximum atomic E-state index is 14.0. The molecule has 5 nitrogen and oxygen atoms in total. The van der Waals surface area contributed by atoms with Gasteiger partial charge in [0.25, 0.3) is 0 Å². The molecule has 0 saturated carbocycles. The van der Waals surface area contributed by atoms with Gasteiger partial charge in [0.2, 0.25) is 10.0 Å². The molecule has 0 N–H and O–H groups in total. The number of methoxy groups -OCH3 is 1. The number of halogens is 2. The van der Waals surface area contributed by atoms with E-state index >= 15 is 0 Å². The van der Waals surface area contributed by atoms with Crippen molar-refractivity contribution in [2.45, 2.75) is 18.4 Å². The normalized spacial score (nSPS) is 11.6. The zero-order chi connectivity index (χ0) is 18.6. The molecule has 0 amide bonds. The summed E-state index contributed by atoms with van der Waals surface area (Å²) in [5.74, 6) is 0.189. The van der Waals surface area contributed by atoms with E-state index in [9.17, 15) is 12.8 Å². The minimum absolute atomic E-state index is 0.0488. The first-order valence-electron chi connectivity index (χ1n) is 7.50. The Hall–Kier alpha value is -1.83. The summed E-state index contributed by atoms with van der Waals surface area (Å²) < 4.78 is 50.9. The number of hydrogen-bond acceptors (Lipinski definition) is 4. The Bertz CT molecular complexity index is 858. The maximum Gasteiger partial charge on any atom is 0.246 e. The van der Waals surface area contributed by atoms with Crippen molar-refractivity contribution in [2.24, 2.45) is 0 Å². The van der Waals surface area contributed by atoms with Gasteiger partial charge in [-0.1, -0.05) is 17.7 Å². The van der Waals surface area contributed by atoms with Gasteiger partial charge in [-0.15, -0.1) is 0 Å². The van der Waals surface area contributed by atoms with Crippen LogP contribution in [0.25, 0.3) is 0 Å². The summed E-state index contributed by atoms with van der Waals surface area (Å²) >= 11 is 5.68. The van der Waals surface area contributed by atoms with Gasteiger partial charge in [-0.05, 0) is 42.8 Å². The molecule has 0 saturated heterocycles. The fourth-order valence-corrected chi connectivity index (χ4v) is 3.64. The first-order chi connectivity index (χ1) is 11.8. The molecule has 0 aliphatic rings. The van der Waals surface area contributed by atoms with E-state index in [-0.39, 0.29) is 11.6 Å². The van der Waals surface area contributed by atoms with E-state index in [0.29, 0.717) is 23.7 Å². The predicted molar refractivity (Wildman–Crippen MR) is 94.2 cm³/mol. The molecule has 0 spiro atoms. The molecule has 2 aromatic rings. The Balaban J connectivity index is 2.27. The molecular weight excluding hydrogens is 369 g/mol. The molecule has 2 rings (SSSR count). The minimum atomic E-state index is -4.00. The maximum absolute atomic E-state index is 14.0. The Morgan fingerprint density at radius 2 is 1.88 bits per heavy atom. The molecule has 0 bridgehead atoms. The highest BCUT2D eigenvalue weighted by Gasteiger charge is 2.25. The third-order valence-electron chi connectivity index (χ3n) is 3.52. The summed E-state index contributed by atoms with van der Waals surface area (Å²) in [5, 5.41) is 0.135. The number of rotatable bonds is 7. The molecule has 25 heavy (non-hydrogen) atoms. The van der Waals surface area contributed by atoms with E-state index in [1.165, 1.54) is 20.2 Å². The Morgan fingerprint density at radius 3 is 2.48 bits per heavy atom. The molecular formula is C17H19ClFNO4S. The molecule has 0 atom stereocenters. The van der Waals surface area contributed by atoms with Crippen molar-refractivity contribution in [1.82, 2.24) is 4.31 Å². The average Bonchev–Trinajstić information content (AvgIpc) is 2.56. The SMILES string of the molecule is CCOc1ccc(CN(C)S(=O)(=O)c2ccc(Cl)cc2F)cc1OC. The molecule has 0 aliphatic carbocycles. The van der Waals surface area contributed by atoms with Crippen LogP contribution in [0.15, 0.2) is 41.3 Å². The van der Waals surface area contributed by atoms with Crippen LogP contribution in [-0.4, -0.2) is 33.5 Å². The molecule has 0 aliphatic heterocycles. The lowest BCUT2D eigenvalue weighted by molar-refractivity contribution is 0.310. The number of benzene rings is 2. The Morgan fingerprint density at radius 1 is 1.16 bits per heavy atom. The van der Waals surface area contributed by atoms with E-state index in [0.717, 1.165) is 16.4 Å². The van der Waals surface area contributed by atoms with E-state index in [4.69, 9.17) is 21.1 Å². The third kappa shape index (κ3) is 4.42. The lowest BCUT2D eigenvalue weighted by Gasteiger charge is -2.19. The van der Waals surface area contributed by atoms with Gasteiger partial charge < -0.3 is 9.47 Å². The second-order valence-corrected chi connectivity index (χ2v) is 7.70. The minimum Gasteiger partial charge on any atom is -0.493 e. The topological polar surface area (TPSA) is 55.8 Å². The Kier molecular flexibility index (Phi) is 6.26. The second-order valence-electron chi connectivity index (χ2n) is 5.25. The van der Waals surface area contributed by atoms with E-state index in [1.54, 1.807) is 18.2 Å². The highest BCUT2D eigenvalue weighted by atomic mass is 35.5. The summed E-state index contributed by atoms with van der Waals surface area (Å²) in [4.78, 5) is -0.419. The predicted octanol–water partition coefficient (Wildman–Crippen LogP) is 3.71. The molecule has 2 aromatic carbocycles. The molecule has 8 heteroatoms. The van der Waals surface area contributed by atoms with Crippen molar-refractivity contribution in [2.75, 3.05) is 20.8 Å². The molecule has 0 unspecified atom stereocenters. The Labute approximate surface area is 152 Å². The van der Waals surface area contributed by atoms with Crippen molar-refractivity contribution in [3.63, 3.8) is 0 Å². The van der Waals surface area contributed by atoms with Crippen LogP contribution in [-0.2, 0) is 16.6 Å². The summed E-state index contributed by atoms with van der Waals surface area (Å²) in [7, 11) is -1.11. The van der Waals surface area contributed by atoms with Crippen LogP contribution >= 0.6 is 11.6 Å². The molecule has 0 fully saturated rings. The quantitative estimate of drug-likeness (QED) is 0.726. The van der Waals surface area contributed by atoms with Crippen LogP contribution in [0.1, 0.15) is 12.5 Å². The lowest BCUT2D eigenvalue weighted by atomic mass is 10.2. The van der Waals surface area contributed by atoms with Gasteiger partial charge in [-0.3, -0.25) is 0 Å². The van der Waals surface area contributed by atoms with Crippen LogP contribution in [0.3, 0.4) is 0 Å². The van der Waals surface area contributed by atoms with E-state index < -0.39 is 20.7 Å². The van der Waals surface area contributed by atoms with Gasteiger partial charge in [-0.25, -0.2) is 12.8 Å². The highest BCUT2D eigenvalue weighted by molar-refractivity contribution is 7.89. The summed E-state index contributed by atoms with van der Waals surface area (Å²) in [5.41, 5.74) is 0.681. The van der Waals surface area contributed by atoms with Crippen LogP contribution in [0.4, 0.5) is 4.39 Å². The number of nitrogens with zero attached hydrogens (tertiary/aromatic N) is 1. The van der Waals surface area contributed by atoms with Crippen molar-refractivity contribution < 1.29 is 22.3 Å². The van der Waals surface area contributed by atoms with Crippen LogP contribution < -0.4 is 9.47 Å². The van der Waals surface area contributed by atoms with Gasteiger partial charge in [0.05, 0.1) is 13.7 Å². The van der Waals surface area contributed by atoms with Crippen LogP contribution in [0.5, 0.6) is 11.5 Å². The molecule has 136 valence electrons. The zero-order valence-electron chi connectivity index (χ0n) is 14.1. The van der Waals surface area contributed by atoms with Gasteiger partial charge in [0.1, 0.15) is 10.7 Å². The summed E-state index contributed by atoms with van der Waals surface area (Å²) in [6, 6.07) is 8.60. The zero-order valence-corrected chi connectivity index (χ0v) is 15.7. The number of ether oxygens (including phenoxy) is 2. The van der Waals surface area contributed by atoms with Gasteiger partial charge in [0, 0.05) is 18.6 Å². The first kappa shape index (κ1) is 19.5. The van der Waals surface area contributed by atoms with E-state index in [1.807, 2.05) is 6.92 Å². The monoisotopic (exact) mass is 387 g/mol. The molecule has 0 heterocycles. The first-order valence-corrected chi connectivity index (χ1v) is 9.32. The third-order valence-corrected chi connectivity index (χ3v) is 5.59. The number of hydrogen-bond donors (Lipinski definition) is 0. The lowest BCUT2D eigenvalue weighted by Crippen LogP contribution is -2.27. The summed E-state index contributed by atoms with van der Waals surface area (Å²) in [6.07, 6.45) is 0. The van der Waals surface area contributed by atoms with Crippen molar-refractivity contribution in [3.8, 4) is 11.5 Å². The molecule has 0 aromatic heterocycles. The van der Waals surface area contributed by atoms with Gasteiger partial charge >= 0.3 is 0 Å². The smallest absolute Gasteiger partial charge is 0.246 e. The van der Waals surface area contributed by atoms with E-state index in [2.05, 4.69) is 0 Å². The van der Waals surface area contributed by atoms with Crippen LogP contribution in [0, 0.1) is 5.82 Å². The van der Waals surface area contributed by atoms with Crippen molar-refractivity contribution in [1.29, 1.82) is 0 Å². The highest BCUT2D eigenvalue weighted by Crippen LogP contribution is 2.29. The molecule has 0 radical (unpaired) electrons. The summed E-state index contributed by atoms with van der Waals surface area (Å²) in [6.45, 7) is 2.39.